The van der Waals surface area contributed by atoms with E-state index >= 15 is 0 Å². The van der Waals surface area contributed by atoms with Gasteiger partial charge < -0.3 is 28.8 Å². The van der Waals surface area contributed by atoms with Crippen molar-refractivity contribution in [1.82, 2.24) is 0 Å². The zero-order valence-corrected chi connectivity index (χ0v) is 14.5. The average Bonchev–Trinajstić information content (AvgIpc) is 3.20. The van der Waals surface area contributed by atoms with Crippen LogP contribution in [0.25, 0.3) is 0 Å². The fraction of sp³-hybridized carbons (Fsp3) is 0.278. The number of rotatable bonds is 3. The Kier molecular flexibility index (Phi) is 3.78. The summed E-state index contributed by atoms with van der Waals surface area (Å²) in [6.45, 7) is -0.161. The second kappa shape index (κ2) is 5.85. The molecule has 10 heteroatoms. The van der Waals surface area contributed by atoms with Gasteiger partial charge in [0.2, 0.25) is 18.0 Å². The highest BCUT2D eigenvalue weighted by molar-refractivity contribution is 5.96. The predicted molar refractivity (Wildman–Crippen MR) is 86.2 cm³/mol. The van der Waals surface area contributed by atoms with E-state index in [1.807, 2.05) is 0 Å². The van der Waals surface area contributed by atoms with Crippen LogP contribution in [0.15, 0.2) is 24.3 Å². The number of hydrogen-bond acceptors (Lipinski definition) is 7. The fourth-order valence-electron chi connectivity index (χ4n) is 3.40. The number of halogens is 3. The van der Waals surface area contributed by atoms with Gasteiger partial charge in [0, 0.05) is 11.6 Å². The maximum absolute atomic E-state index is 14.4. The Morgan fingerprint density at radius 2 is 1.57 bits per heavy atom. The van der Waals surface area contributed by atoms with Crippen LogP contribution in [-0.2, 0) is 10.2 Å². The van der Waals surface area contributed by atoms with E-state index in [-0.39, 0.29) is 35.5 Å². The molecule has 4 rings (SSSR count). The molecule has 7 nitrogen and oxygen atoms in total. The molecule has 148 valence electrons. The van der Waals surface area contributed by atoms with Crippen molar-refractivity contribution < 1.29 is 46.8 Å². The first-order chi connectivity index (χ1) is 13.2. The Balaban J connectivity index is 2.05. The standard InChI is InChI=1S/C18H13F3O7/c1-24-13-3-8(4-14(25-2)15(13)22)17(18(19,20)21)9-5-11-12(27-7-26-11)6-10(9)28-16(17)23/h3-6,22H,7H2,1-2H3/t17-/m0/s1. The number of phenolic OH excluding ortho intramolecular Hbond substituents is 1. The molecule has 0 saturated heterocycles. The maximum Gasteiger partial charge on any atom is 0.413 e. The number of hydrogen-bond donors (Lipinski definition) is 1. The second-order valence-corrected chi connectivity index (χ2v) is 6.07. The highest BCUT2D eigenvalue weighted by atomic mass is 19.4. The number of carbonyl (C=O) groups is 1. The molecule has 0 amide bonds. The summed E-state index contributed by atoms with van der Waals surface area (Å²) in [6, 6.07) is 4.10. The van der Waals surface area contributed by atoms with Crippen LogP contribution >= 0.6 is 0 Å². The third kappa shape index (κ3) is 2.20. The number of benzene rings is 2. The molecule has 1 atom stereocenters. The van der Waals surface area contributed by atoms with Gasteiger partial charge in [0.1, 0.15) is 5.75 Å². The molecule has 0 aromatic heterocycles. The lowest BCUT2D eigenvalue weighted by atomic mass is 9.74. The second-order valence-electron chi connectivity index (χ2n) is 6.07. The van der Waals surface area contributed by atoms with Crippen LogP contribution in [-0.4, -0.2) is 38.3 Å². The Morgan fingerprint density at radius 3 is 2.11 bits per heavy atom. The third-order valence-electron chi connectivity index (χ3n) is 4.73. The van der Waals surface area contributed by atoms with Gasteiger partial charge in [-0.1, -0.05) is 0 Å². The third-order valence-corrected chi connectivity index (χ3v) is 4.73. The molecule has 2 aromatic carbocycles. The lowest BCUT2D eigenvalue weighted by Crippen LogP contribution is -2.48. The quantitative estimate of drug-likeness (QED) is 0.629. The number of aromatic hydroxyl groups is 1. The summed E-state index contributed by atoms with van der Waals surface area (Å²) in [4.78, 5) is 12.6. The van der Waals surface area contributed by atoms with Crippen molar-refractivity contribution in [2.24, 2.45) is 0 Å². The molecule has 0 bridgehead atoms. The number of carbonyl (C=O) groups excluding carboxylic acids is 1. The molecule has 0 unspecified atom stereocenters. The molecule has 0 fully saturated rings. The minimum absolute atomic E-state index is 0.0587. The predicted octanol–water partition coefficient (Wildman–Crippen LogP) is 2.91. The van der Waals surface area contributed by atoms with E-state index in [2.05, 4.69) is 0 Å². The van der Waals surface area contributed by atoms with Crippen LogP contribution in [0.5, 0.6) is 34.5 Å². The Bertz CT molecular complexity index is 961. The topological polar surface area (TPSA) is 83.5 Å². The first-order valence-electron chi connectivity index (χ1n) is 7.92. The molecule has 0 spiro atoms. The van der Waals surface area contributed by atoms with Crippen molar-refractivity contribution in [3.8, 4) is 34.5 Å². The van der Waals surface area contributed by atoms with Crippen molar-refractivity contribution in [2.75, 3.05) is 21.0 Å². The molecule has 2 heterocycles. The van der Waals surface area contributed by atoms with Crippen LogP contribution in [0, 0.1) is 0 Å². The van der Waals surface area contributed by atoms with Crippen LogP contribution in [0.1, 0.15) is 11.1 Å². The number of alkyl halides is 3. The normalized spacial score (nSPS) is 20.0. The molecule has 2 aliphatic rings. The van der Waals surface area contributed by atoms with Crippen LogP contribution < -0.4 is 23.7 Å². The van der Waals surface area contributed by atoms with E-state index < -0.39 is 34.4 Å². The largest absolute Gasteiger partial charge is 0.502 e. The summed E-state index contributed by atoms with van der Waals surface area (Å²) in [5.74, 6) is -2.69. The van der Waals surface area contributed by atoms with E-state index in [4.69, 9.17) is 23.7 Å². The van der Waals surface area contributed by atoms with Crippen molar-refractivity contribution in [2.45, 2.75) is 11.6 Å². The molecular formula is C18H13F3O7. The van der Waals surface area contributed by atoms with Crippen LogP contribution in [0.3, 0.4) is 0 Å². The summed E-state index contributed by atoms with van der Waals surface area (Å²) in [5, 5.41) is 10.0. The van der Waals surface area contributed by atoms with Crippen molar-refractivity contribution in [3.05, 3.63) is 35.4 Å². The molecule has 0 saturated carbocycles. The van der Waals surface area contributed by atoms with Crippen LogP contribution in [0.4, 0.5) is 13.2 Å². The van der Waals surface area contributed by atoms with Gasteiger partial charge >= 0.3 is 12.1 Å². The van der Waals surface area contributed by atoms with Gasteiger partial charge in [-0.3, -0.25) is 0 Å². The van der Waals surface area contributed by atoms with Gasteiger partial charge in [0.05, 0.1) is 14.2 Å². The van der Waals surface area contributed by atoms with E-state index in [9.17, 15) is 23.1 Å². The van der Waals surface area contributed by atoms with Gasteiger partial charge in [-0.05, 0) is 23.8 Å². The van der Waals surface area contributed by atoms with Gasteiger partial charge in [-0.25, -0.2) is 4.79 Å². The molecular weight excluding hydrogens is 385 g/mol. The number of esters is 1. The average molecular weight is 398 g/mol. The van der Waals surface area contributed by atoms with Crippen LogP contribution in [0.2, 0.25) is 0 Å². The minimum Gasteiger partial charge on any atom is -0.502 e. The van der Waals surface area contributed by atoms with E-state index in [1.165, 1.54) is 6.07 Å². The van der Waals surface area contributed by atoms with Crippen molar-refractivity contribution in [1.29, 1.82) is 0 Å². The smallest absolute Gasteiger partial charge is 0.413 e. The lowest BCUT2D eigenvalue weighted by molar-refractivity contribution is -0.189. The molecule has 1 N–H and O–H groups in total. The highest BCUT2D eigenvalue weighted by Crippen LogP contribution is 2.58. The van der Waals surface area contributed by atoms with Gasteiger partial charge in [-0.2, -0.15) is 13.2 Å². The number of methoxy groups -OCH3 is 2. The zero-order valence-electron chi connectivity index (χ0n) is 14.5. The lowest BCUT2D eigenvalue weighted by Gasteiger charge is -2.30. The van der Waals surface area contributed by atoms with Crippen molar-refractivity contribution >= 4 is 5.97 Å². The molecule has 2 aromatic rings. The summed E-state index contributed by atoms with van der Waals surface area (Å²) in [6.07, 6.45) is -5.09. The maximum atomic E-state index is 14.4. The van der Waals surface area contributed by atoms with Gasteiger partial charge in [-0.15, -0.1) is 0 Å². The first kappa shape index (κ1) is 18.1. The Hall–Kier alpha value is -3.30. The van der Waals surface area contributed by atoms with Gasteiger partial charge in [0.15, 0.2) is 23.0 Å². The van der Waals surface area contributed by atoms with E-state index in [1.54, 1.807) is 0 Å². The Labute approximate surface area is 156 Å². The fourth-order valence-corrected chi connectivity index (χ4v) is 3.40. The summed E-state index contributed by atoms with van der Waals surface area (Å²) in [5.41, 5.74) is -4.16. The zero-order chi connectivity index (χ0) is 20.3. The highest BCUT2D eigenvalue weighted by Gasteiger charge is 2.68. The van der Waals surface area contributed by atoms with E-state index in [0.29, 0.717) is 0 Å². The molecule has 0 radical (unpaired) electrons. The van der Waals surface area contributed by atoms with Gasteiger partial charge in [0.25, 0.3) is 0 Å². The molecule has 28 heavy (non-hydrogen) atoms. The monoisotopic (exact) mass is 398 g/mol. The Morgan fingerprint density at radius 1 is 1.00 bits per heavy atom. The number of ether oxygens (including phenoxy) is 5. The summed E-state index contributed by atoms with van der Waals surface area (Å²) < 4.78 is 68.5. The number of phenols is 1. The molecule has 0 aliphatic carbocycles. The molecule has 2 aliphatic heterocycles. The minimum atomic E-state index is -5.09. The summed E-state index contributed by atoms with van der Waals surface area (Å²) in [7, 11) is 2.33. The SMILES string of the molecule is COc1cc([C@@]2(C(F)(F)F)C(=O)Oc3cc4c(cc32)OCO4)cc(OC)c1O. The van der Waals surface area contributed by atoms with E-state index in [0.717, 1.165) is 32.4 Å². The first-order valence-corrected chi connectivity index (χ1v) is 7.92. The number of fused-ring (bicyclic) bond motifs is 2. The van der Waals surface area contributed by atoms with Crippen molar-refractivity contribution in [3.63, 3.8) is 0 Å². The summed E-state index contributed by atoms with van der Waals surface area (Å²) >= 11 is 0.